The van der Waals surface area contributed by atoms with Crippen LogP contribution in [0, 0.1) is 10.1 Å². The Morgan fingerprint density at radius 3 is 2.95 bits per heavy atom. The second kappa shape index (κ2) is 5.57. The van der Waals surface area contributed by atoms with E-state index in [2.05, 4.69) is 4.98 Å². The summed E-state index contributed by atoms with van der Waals surface area (Å²) in [4.78, 5) is 27.7. The van der Waals surface area contributed by atoms with Crippen molar-refractivity contribution >= 4 is 27.2 Å². The molecule has 0 aliphatic carbocycles. The molecule has 8 heteroatoms. The van der Waals surface area contributed by atoms with E-state index in [1.807, 2.05) is 0 Å². The third-order valence-electron chi connectivity index (χ3n) is 3.27. The highest BCUT2D eigenvalue weighted by Crippen LogP contribution is 2.24. The first-order chi connectivity index (χ1) is 10.6. The standard InChI is InChI=1S/C14H11N3O4S/c1-21-12-3-2-10(17(19)20)6-9(12)7-16-8-15-13-11(14(16)18)4-5-22-13/h2-6,8H,7H2,1H3. The van der Waals surface area contributed by atoms with Gasteiger partial charge >= 0.3 is 0 Å². The third kappa shape index (κ3) is 2.44. The number of thiophene rings is 1. The van der Waals surface area contributed by atoms with Crippen LogP contribution in [0.2, 0.25) is 0 Å². The molecule has 0 aliphatic heterocycles. The monoisotopic (exact) mass is 317 g/mol. The van der Waals surface area contributed by atoms with Gasteiger partial charge in [0.15, 0.2) is 0 Å². The number of fused-ring (bicyclic) bond motifs is 1. The fourth-order valence-corrected chi connectivity index (χ4v) is 2.91. The van der Waals surface area contributed by atoms with Crippen molar-refractivity contribution in [3.63, 3.8) is 0 Å². The van der Waals surface area contributed by atoms with Crippen molar-refractivity contribution in [3.8, 4) is 5.75 Å². The highest BCUT2D eigenvalue weighted by molar-refractivity contribution is 7.16. The molecule has 0 saturated carbocycles. The molecule has 0 saturated heterocycles. The summed E-state index contributed by atoms with van der Waals surface area (Å²) >= 11 is 1.39. The van der Waals surface area contributed by atoms with Crippen molar-refractivity contribution < 1.29 is 9.66 Å². The molecule has 0 radical (unpaired) electrons. The Kier molecular flexibility index (Phi) is 3.60. The van der Waals surface area contributed by atoms with Gasteiger partial charge in [-0.05, 0) is 17.5 Å². The van der Waals surface area contributed by atoms with E-state index in [-0.39, 0.29) is 17.8 Å². The van der Waals surface area contributed by atoms with E-state index in [1.54, 1.807) is 11.4 Å². The minimum absolute atomic E-state index is 0.0478. The van der Waals surface area contributed by atoms with Gasteiger partial charge in [0.05, 0.1) is 30.3 Å². The highest BCUT2D eigenvalue weighted by Gasteiger charge is 2.13. The first-order valence-corrected chi connectivity index (χ1v) is 7.22. The van der Waals surface area contributed by atoms with Crippen LogP contribution in [0.1, 0.15) is 5.56 Å². The normalized spacial score (nSPS) is 10.8. The van der Waals surface area contributed by atoms with Gasteiger partial charge < -0.3 is 4.74 Å². The van der Waals surface area contributed by atoms with E-state index in [9.17, 15) is 14.9 Å². The van der Waals surface area contributed by atoms with E-state index < -0.39 is 4.92 Å². The van der Waals surface area contributed by atoms with Crippen molar-refractivity contribution in [2.24, 2.45) is 0 Å². The number of benzene rings is 1. The molecule has 0 N–H and O–H groups in total. The summed E-state index contributed by atoms with van der Waals surface area (Å²) in [5.74, 6) is 0.489. The van der Waals surface area contributed by atoms with Gasteiger partial charge in [-0.15, -0.1) is 11.3 Å². The number of rotatable bonds is 4. The predicted molar refractivity (Wildman–Crippen MR) is 82.6 cm³/mol. The first kappa shape index (κ1) is 14.2. The number of nitro benzene ring substituents is 1. The Balaban J connectivity index is 2.07. The molecule has 0 amide bonds. The summed E-state index contributed by atoms with van der Waals surface area (Å²) in [5.41, 5.74) is 0.323. The van der Waals surface area contributed by atoms with Crippen LogP contribution in [0.3, 0.4) is 0 Å². The van der Waals surface area contributed by atoms with Gasteiger partial charge in [0.2, 0.25) is 0 Å². The number of ether oxygens (including phenoxy) is 1. The van der Waals surface area contributed by atoms with Gasteiger partial charge in [-0.1, -0.05) is 0 Å². The SMILES string of the molecule is COc1ccc([N+](=O)[O-])cc1Cn1cnc2sccc2c1=O. The van der Waals surface area contributed by atoms with E-state index in [1.165, 1.54) is 47.5 Å². The fraction of sp³-hybridized carbons (Fsp3) is 0.143. The predicted octanol–water partition coefficient (Wildman–Crippen LogP) is 2.42. The van der Waals surface area contributed by atoms with Gasteiger partial charge in [0, 0.05) is 17.7 Å². The number of nitrogens with zero attached hydrogens (tertiary/aromatic N) is 3. The largest absolute Gasteiger partial charge is 0.496 e. The van der Waals surface area contributed by atoms with Crippen LogP contribution in [0.25, 0.3) is 10.2 Å². The molecule has 7 nitrogen and oxygen atoms in total. The quantitative estimate of drug-likeness (QED) is 0.545. The van der Waals surface area contributed by atoms with E-state index in [0.29, 0.717) is 21.5 Å². The Bertz CT molecular complexity index is 916. The summed E-state index contributed by atoms with van der Waals surface area (Å²) in [5, 5.41) is 13.2. The molecule has 0 fully saturated rings. The van der Waals surface area contributed by atoms with Crippen LogP contribution in [-0.4, -0.2) is 21.6 Å². The molecular formula is C14H11N3O4S. The molecule has 2 aromatic heterocycles. The van der Waals surface area contributed by atoms with Crippen LogP contribution in [0.5, 0.6) is 5.75 Å². The molecule has 0 spiro atoms. The van der Waals surface area contributed by atoms with Crippen molar-refractivity contribution in [1.82, 2.24) is 9.55 Å². The van der Waals surface area contributed by atoms with Crippen LogP contribution >= 0.6 is 11.3 Å². The van der Waals surface area contributed by atoms with Gasteiger partial charge in [-0.25, -0.2) is 4.98 Å². The Morgan fingerprint density at radius 1 is 1.41 bits per heavy atom. The average molecular weight is 317 g/mol. The average Bonchev–Trinajstić information content (AvgIpc) is 2.99. The number of hydrogen-bond donors (Lipinski definition) is 0. The Morgan fingerprint density at radius 2 is 2.23 bits per heavy atom. The lowest BCUT2D eigenvalue weighted by Gasteiger charge is -2.10. The lowest BCUT2D eigenvalue weighted by molar-refractivity contribution is -0.384. The Hall–Kier alpha value is -2.74. The van der Waals surface area contributed by atoms with Crippen LogP contribution in [-0.2, 0) is 6.54 Å². The second-order valence-electron chi connectivity index (χ2n) is 4.57. The van der Waals surface area contributed by atoms with E-state index >= 15 is 0 Å². The maximum atomic E-state index is 12.4. The molecule has 112 valence electrons. The van der Waals surface area contributed by atoms with Gasteiger partial charge in [0.25, 0.3) is 11.2 Å². The number of aromatic nitrogens is 2. The summed E-state index contributed by atoms with van der Waals surface area (Å²) in [6, 6.07) is 6.01. The molecule has 3 aromatic rings. The topological polar surface area (TPSA) is 87.3 Å². The van der Waals surface area contributed by atoms with Crippen molar-refractivity contribution in [1.29, 1.82) is 0 Å². The molecule has 0 unspecified atom stereocenters. The maximum absolute atomic E-state index is 12.4. The lowest BCUT2D eigenvalue weighted by Crippen LogP contribution is -2.20. The zero-order valence-corrected chi connectivity index (χ0v) is 12.4. The molecule has 22 heavy (non-hydrogen) atoms. The molecule has 1 aromatic carbocycles. The molecule has 0 bridgehead atoms. The van der Waals surface area contributed by atoms with Crippen molar-refractivity contribution in [3.05, 3.63) is 62.0 Å². The van der Waals surface area contributed by atoms with Gasteiger partial charge in [0.1, 0.15) is 10.6 Å². The molecule has 0 atom stereocenters. The maximum Gasteiger partial charge on any atom is 0.270 e. The second-order valence-corrected chi connectivity index (χ2v) is 5.46. The minimum Gasteiger partial charge on any atom is -0.496 e. The fourth-order valence-electron chi connectivity index (χ4n) is 2.19. The molecular weight excluding hydrogens is 306 g/mol. The summed E-state index contributed by atoms with van der Waals surface area (Å²) in [6.07, 6.45) is 1.44. The van der Waals surface area contributed by atoms with E-state index in [0.717, 1.165) is 0 Å². The Labute approximate surface area is 128 Å². The number of hydrogen-bond acceptors (Lipinski definition) is 6. The van der Waals surface area contributed by atoms with Crippen molar-refractivity contribution in [2.75, 3.05) is 7.11 Å². The zero-order valence-electron chi connectivity index (χ0n) is 11.6. The zero-order chi connectivity index (χ0) is 15.7. The van der Waals surface area contributed by atoms with Crippen LogP contribution in [0.4, 0.5) is 5.69 Å². The molecule has 3 rings (SSSR count). The van der Waals surface area contributed by atoms with E-state index in [4.69, 9.17) is 4.74 Å². The summed E-state index contributed by atoms with van der Waals surface area (Å²) in [7, 11) is 1.48. The van der Waals surface area contributed by atoms with Gasteiger partial charge in [-0.3, -0.25) is 19.5 Å². The molecule has 0 aliphatic rings. The first-order valence-electron chi connectivity index (χ1n) is 6.34. The van der Waals surface area contributed by atoms with Crippen LogP contribution < -0.4 is 10.3 Å². The summed E-state index contributed by atoms with van der Waals surface area (Å²) < 4.78 is 6.62. The number of methoxy groups -OCH3 is 1. The summed E-state index contributed by atoms with van der Waals surface area (Å²) in [6.45, 7) is 0.155. The smallest absolute Gasteiger partial charge is 0.270 e. The number of non-ortho nitro benzene ring substituents is 1. The third-order valence-corrected chi connectivity index (χ3v) is 4.09. The van der Waals surface area contributed by atoms with Crippen LogP contribution in [0.15, 0.2) is 40.8 Å². The van der Waals surface area contributed by atoms with Gasteiger partial charge in [-0.2, -0.15) is 0 Å². The minimum atomic E-state index is -0.480. The highest BCUT2D eigenvalue weighted by atomic mass is 32.1. The lowest BCUT2D eigenvalue weighted by atomic mass is 10.1. The van der Waals surface area contributed by atoms with Crippen molar-refractivity contribution in [2.45, 2.75) is 6.54 Å². The number of nitro groups is 1. The molecule has 2 heterocycles.